The van der Waals surface area contributed by atoms with Gasteiger partial charge in [0.25, 0.3) is 0 Å². The van der Waals surface area contributed by atoms with Gasteiger partial charge >= 0.3 is 0 Å². The van der Waals surface area contributed by atoms with Crippen LogP contribution in [-0.2, 0) is 4.79 Å². The molecule has 3 unspecified atom stereocenters. The van der Waals surface area contributed by atoms with E-state index in [0.29, 0.717) is 6.04 Å². The molecule has 1 amide bonds. The molecule has 0 aliphatic carbocycles. The summed E-state index contributed by atoms with van der Waals surface area (Å²) in [6.07, 6.45) is 4.69. The Morgan fingerprint density at radius 3 is 2.35 bits per heavy atom. The molecule has 3 nitrogen and oxygen atoms in total. The van der Waals surface area contributed by atoms with Crippen molar-refractivity contribution in [3.05, 3.63) is 0 Å². The zero-order valence-electron chi connectivity index (χ0n) is 11.8. The highest BCUT2D eigenvalue weighted by molar-refractivity contribution is 5.81. The van der Waals surface area contributed by atoms with Gasteiger partial charge in [-0.2, -0.15) is 0 Å². The summed E-state index contributed by atoms with van der Waals surface area (Å²) in [6.45, 7) is 10.6. The first kappa shape index (κ1) is 14.5. The summed E-state index contributed by atoms with van der Waals surface area (Å²) in [6, 6.07) is 0.388. The van der Waals surface area contributed by atoms with Crippen molar-refractivity contribution in [1.29, 1.82) is 0 Å². The summed E-state index contributed by atoms with van der Waals surface area (Å²) in [5, 5.41) is 3.43. The molecule has 1 heterocycles. The molecule has 100 valence electrons. The third-order valence-electron chi connectivity index (χ3n) is 3.78. The van der Waals surface area contributed by atoms with Crippen molar-refractivity contribution >= 4 is 5.91 Å². The van der Waals surface area contributed by atoms with E-state index in [1.807, 2.05) is 11.8 Å². The van der Waals surface area contributed by atoms with Gasteiger partial charge in [0, 0.05) is 19.1 Å². The van der Waals surface area contributed by atoms with Crippen LogP contribution in [0.15, 0.2) is 0 Å². The predicted octanol–water partition coefficient (Wildman–Crippen LogP) is 2.41. The molecule has 1 aliphatic rings. The Morgan fingerprint density at radius 1 is 1.24 bits per heavy atom. The second-order valence-electron chi connectivity index (χ2n) is 5.57. The summed E-state index contributed by atoms with van der Waals surface area (Å²) in [5.41, 5.74) is 0. The lowest BCUT2D eigenvalue weighted by Crippen LogP contribution is -2.47. The van der Waals surface area contributed by atoms with Gasteiger partial charge in [0.05, 0.1) is 6.04 Å². The summed E-state index contributed by atoms with van der Waals surface area (Å²) < 4.78 is 0. The van der Waals surface area contributed by atoms with Crippen LogP contribution < -0.4 is 5.32 Å². The van der Waals surface area contributed by atoms with E-state index in [9.17, 15) is 4.79 Å². The first-order valence-electron chi connectivity index (χ1n) is 7.09. The van der Waals surface area contributed by atoms with Crippen molar-refractivity contribution in [3.8, 4) is 0 Å². The van der Waals surface area contributed by atoms with Crippen molar-refractivity contribution in [1.82, 2.24) is 10.2 Å². The standard InChI is InChI=1S/C14H28N2O/c1-5-11(2)10-12(3)15-13(4)14(17)16-8-6-7-9-16/h11-13,15H,5-10H2,1-4H3. The maximum atomic E-state index is 12.1. The van der Waals surface area contributed by atoms with Crippen molar-refractivity contribution < 1.29 is 4.79 Å². The molecule has 17 heavy (non-hydrogen) atoms. The second kappa shape index (κ2) is 7.00. The summed E-state index contributed by atoms with van der Waals surface area (Å²) in [4.78, 5) is 14.1. The Morgan fingerprint density at radius 2 is 1.82 bits per heavy atom. The lowest BCUT2D eigenvalue weighted by Gasteiger charge is -2.25. The number of carbonyl (C=O) groups is 1. The molecule has 0 radical (unpaired) electrons. The van der Waals surface area contributed by atoms with E-state index >= 15 is 0 Å². The molecule has 0 aromatic heterocycles. The van der Waals surface area contributed by atoms with Gasteiger partial charge in [-0.3, -0.25) is 4.79 Å². The number of amides is 1. The molecule has 1 N–H and O–H groups in total. The van der Waals surface area contributed by atoms with Crippen LogP contribution in [-0.4, -0.2) is 36.0 Å². The minimum absolute atomic E-state index is 0.0350. The lowest BCUT2D eigenvalue weighted by atomic mass is 10.00. The van der Waals surface area contributed by atoms with Crippen LogP contribution in [0.4, 0.5) is 0 Å². The van der Waals surface area contributed by atoms with Gasteiger partial charge in [-0.05, 0) is 39.0 Å². The number of likely N-dealkylation sites (tertiary alicyclic amines) is 1. The Kier molecular flexibility index (Phi) is 5.96. The summed E-state index contributed by atoms with van der Waals surface area (Å²) in [5.74, 6) is 1.00. The molecule has 3 heteroatoms. The highest BCUT2D eigenvalue weighted by Gasteiger charge is 2.24. The smallest absolute Gasteiger partial charge is 0.239 e. The minimum atomic E-state index is -0.0350. The fourth-order valence-electron chi connectivity index (χ4n) is 2.55. The highest BCUT2D eigenvalue weighted by Crippen LogP contribution is 2.12. The van der Waals surface area contributed by atoms with Crippen LogP contribution >= 0.6 is 0 Å². The fourth-order valence-corrected chi connectivity index (χ4v) is 2.55. The van der Waals surface area contributed by atoms with Crippen LogP contribution in [0.3, 0.4) is 0 Å². The lowest BCUT2D eigenvalue weighted by molar-refractivity contribution is -0.132. The average molecular weight is 240 g/mol. The molecule has 1 aliphatic heterocycles. The van der Waals surface area contributed by atoms with Crippen LogP contribution in [0, 0.1) is 5.92 Å². The van der Waals surface area contributed by atoms with Crippen molar-refractivity contribution in [2.24, 2.45) is 5.92 Å². The summed E-state index contributed by atoms with van der Waals surface area (Å²) >= 11 is 0. The van der Waals surface area contributed by atoms with Gasteiger partial charge in [-0.1, -0.05) is 20.3 Å². The molecular weight excluding hydrogens is 212 g/mol. The zero-order chi connectivity index (χ0) is 12.8. The van der Waals surface area contributed by atoms with E-state index < -0.39 is 0 Å². The number of carbonyl (C=O) groups excluding carboxylic acids is 1. The first-order valence-corrected chi connectivity index (χ1v) is 7.09. The van der Waals surface area contributed by atoms with Crippen LogP contribution in [0.1, 0.15) is 53.4 Å². The van der Waals surface area contributed by atoms with E-state index in [0.717, 1.165) is 25.4 Å². The number of hydrogen-bond donors (Lipinski definition) is 1. The van der Waals surface area contributed by atoms with Gasteiger partial charge in [0.1, 0.15) is 0 Å². The van der Waals surface area contributed by atoms with Crippen molar-refractivity contribution in [2.75, 3.05) is 13.1 Å². The Bertz CT molecular complexity index is 236. The maximum absolute atomic E-state index is 12.1. The third kappa shape index (κ3) is 4.66. The molecule has 3 atom stereocenters. The van der Waals surface area contributed by atoms with E-state index in [-0.39, 0.29) is 11.9 Å². The molecule has 1 saturated heterocycles. The molecule has 0 saturated carbocycles. The Hall–Kier alpha value is -0.570. The molecule has 0 bridgehead atoms. The van der Waals surface area contributed by atoms with Gasteiger partial charge in [0.2, 0.25) is 5.91 Å². The van der Waals surface area contributed by atoms with Gasteiger partial charge < -0.3 is 10.2 Å². The van der Waals surface area contributed by atoms with E-state index in [2.05, 4.69) is 26.1 Å². The van der Waals surface area contributed by atoms with E-state index in [4.69, 9.17) is 0 Å². The predicted molar refractivity (Wildman–Crippen MR) is 71.9 cm³/mol. The van der Waals surface area contributed by atoms with Gasteiger partial charge in [0.15, 0.2) is 0 Å². The molecule has 0 spiro atoms. The minimum Gasteiger partial charge on any atom is -0.341 e. The van der Waals surface area contributed by atoms with Crippen molar-refractivity contribution in [2.45, 2.75) is 65.5 Å². The molecule has 0 aromatic carbocycles. The number of rotatable bonds is 6. The van der Waals surface area contributed by atoms with Crippen LogP contribution in [0.25, 0.3) is 0 Å². The van der Waals surface area contributed by atoms with Gasteiger partial charge in [-0.15, -0.1) is 0 Å². The van der Waals surface area contributed by atoms with Crippen molar-refractivity contribution in [3.63, 3.8) is 0 Å². The molecule has 0 aromatic rings. The Labute approximate surface area is 106 Å². The number of nitrogens with one attached hydrogen (secondary N) is 1. The average Bonchev–Trinajstić information content (AvgIpc) is 2.80. The molecule has 1 rings (SSSR count). The first-order chi connectivity index (χ1) is 8.04. The zero-order valence-corrected chi connectivity index (χ0v) is 11.8. The third-order valence-corrected chi connectivity index (χ3v) is 3.78. The fraction of sp³-hybridized carbons (Fsp3) is 0.929. The van der Waals surface area contributed by atoms with Crippen LogP contribution in [0.5, 0.6) is 0 Å². The molecule has 1 fully saturated rings. The SMILES string of the molecule is CCC(C)CC(C)NC(C)C(=O)N1CCCC1. The molecular formula is C14H28N2O. The topological polar surface area (TPSA) is 32.3 Å². The van der Waals surface area contributed by atoms with E-state index in [1.165, 1.54) is 19.3 Å². The van der Waals surface area contributed by atoms with Gasteiger partial charge in [-0.25, -0.2) is 0 Å². The second-order valence-corrected chi connectivity index (χ2v) is 5.57. The maximum Gasteiger partial charge on any atom is 0.239 e. The summed E-state index contributed by atoms with van der Waals surface area (Å²) in [7, 11) is 0. The Balaban J connectivity index is 2.31. The number of nitrogens with zero attached hydrogens (tertiary/aromatic N) is 1. The highest BCUT2D eigenvalue weighted by atomic mass is 16.2. The monoisotopic (exact) mass is 240 g/mol. The number of hydrogen-bond acceptors (Lipinski definition) is 2. The quantitative estimate of drug-likeness (QED) is 0.773. The van der Waals surface area contributed by atoms with E-state index in [1.54, 1.807) is 0 Å². The van der Waals surface area contributed by atoms with Crippen LogP contribution in [0.2, 0.25) is 0 Å². The normalized spacial score (nSPS) is 21.3. The largest absolute Gasteiger partial charge is 0.341 e.